The number of halogens is 3. The van der Waals surface area contributed by atoms with Crippen LogP contribution in [0, 0.1) is 17.5 Å². The molecule has 1 unspecified atom stereocenters. The molecule has 0 amide bonds. The van der Waals surface area contributed by atoms with Crippen molar-refractivity contribution in [2.45, 2.75) is 25.8 Å². The Bertz CT molecular complexity index is 428. The highest BCUT2D eigenvalue weighted by Gasteiger charge is 2.16. The van der Waals surface area contributed by atoms with Gasteiger partial charge in [0.1, 0.15) is 17.3 Å². The Morgan fingerprint density at radius 1 is 1.39 bits per heavy atom. The zero-order valence-corrected chi connectivity index (χ0v) is 9.75. The van der Waals surface area contributed by atoms with Gasteiger partial charge in [-0.1, -0.05) is 12.1 Å². The summed E-state index contributed by atoms with van der Waals surface area (Å²) in [5, 5.41) is 13.8. The summed E-state index contributed by atoms with van der Waals surface area (Å²) in [5.74, 6) is -3.09. The summed E-state index contributed by atoms with van der Waals surface area (Å²) in [6, 6.07) is 0.749. The first-order valence-electron chi connectivity index (χ1n) is 5.35. The zero-order chi connectivity index (χ0) is 13.7. The number of benzene rings is 1. The highest BCUT2D eigenvalue weighted by Crippen LogP contribution is 2.22. The standard InChI is InChI=1S/C11H14F3N3O/c1-2-7(5-10(15)17-18)16-11-8(13)3-6(12)4-9(11)14/h3-4,7,16,18H,2,5H2,1H3,(H2,15,17). The van der Waals surface area contributed by atoms with E-state index in [1.165, 1.54) is 0 Å². The van der Waals surface area contributed by atoms with E-state index in [0.717, 1.165) is 0 Å². The van der Waals surface area contributed by atoms with Crippen LogP contribution in [0.25, 0.3) is 0 Å². The number of nitrogens with one attached hydrogen (secondary N) is 1. The van der Waals surface area contributed by atoms with Crippen LogP contribution < -0.4 is 11.1 Å². The average molecular weight is 261 g/mol. The van der Waals surface area contributed by atoms with Gasteiger partial charge in [0.25, 0.3) is 0 Å². The minimum atomic E-state index is -1.02. The van der Waals surface area contributed by atoms with Crippen LogP contribution in [0.4, 0.5) is 18.9 Å². The molecule has 0 bridgehead atoms. The minimum absolute atomic E-state index is 0.0581. The second kappa shape index (κ2) is 6.13. The topological polar surface area (TPSA) is 70.6 Å². The van der Waals surface area contributed by atoms with Crippen molar-refractivity contribution in [3.8, 4) is 0 Å². The van der Waals surface area contributed by atoms with Crippen molar-refractivity contribution in [3.63, 3.8) is 0 Å². The van der Waals surface area contributed by atoms with Gasteiger partial charge in [0.2, 0.25) is 0 Å². The Hall–Kier alpha value is -1.92. The van der Waals surface area contributed by atoms with E-state index in [0.29, 0.717) is 18.6 Å². The summed E-state index contributed by atoms with van der Waals surface area (Å²) in [6.45, 7) is 1.77. The van der Waals surface area contributed by atoms with Crippen LogP contribution in [0.2, 0.25) is 0 Å². The molecule has 1 rings (SSSR count). The molecule has 100 valence electrons. The van der Waals surface area contributed by atoms with Gasteiger partial charge >= 0.3 is 0 Å². The number of hydrogen-bond donors (Lipinski definition) is 3. The molecule has 0 aromatic heterocycles. The highest BCUT2D eigenvalue weighted by molar-refractivity contribution is 5.80. The van der Waals surface area contributed by atoms with E-state index in [1.807, 2.05) is 0 Å². The summed E-state index contributed by atoms with van der Waals surface area (Å²) in [4.78, 5) is 0. The van der Waals surface area contributed by atoms with Gasteiger partial charge < -0.3 is 16.3 Å². The van der Waals surface area contributed by atoms with Gasteiger partial charge in [0.15, 0.2) is 11.6 Å². The molecule has 0 saturated heterocycles. The zero-order valence-electron chi connectivity index (χ0n) is 9.75. The molecule has 0 radical (unpaired) electrons. The molecular formula is C11H14F3N3O. The third kappa shape index (κ3) is 3.54. The van der Waals surface area contributed by atoms with E-state index < -0.39 is 29.2 Å². The number of rotatable bonds is 5. The lowest BCUT2D eigenvalue weighted by molar-refractivity contribution is 0.316. The summed E-state index contributed by atoms with van der Waals surface area (Å²) >= 11 is 0. The number of oxime groups is 1. The van der Waals surface area contributed by atoms with Crippen molar-refractivity contribution in [3.05, 3.63) is 29.6 Å². The fourth-order valence-corrected chi connectivity index (χ4v) is 1.47. The molecule has 0 aliphatic rings. The van der Waals surface area contributed by atoms with Gasteiger partial charge in [-0.05, 0) is 6.42 Å². The summed E-state index contributed by atoms with van der Waals surface area (Å²) in [5.41, 5.74) is 4.89. The van der Waals surface area contributed by atoms with Crippen molar-refractivity contribution < 1.29 is 18.4 Å². The van der Waals surface area contributed by atoms with Crippen molar-refractivity contribution in [1.82, 2.24) is 0 Å². The third-order valence-corrected chi connectivity index (χ3v) is 2.43. The number of nitrogens with two attached hydrogens (primary N) is 1. The van der Waals surface area contributed by atoms with Gasteiger partial charge in [0, 0.05) is 24.6 Å². The monoisotopic (exact) mass is 261 g/mol. The van der Waals surface area contributed by atoms with Crippen molar-refractivity contribution >= 4 is 11.5 Å². The molecule has 1 atom stereocenters. The molecule has 7 heteroatoms. The van der Waals surface area contributed by atoms with Crippen LogP contribution in [-0.2, 0) is 0 Å². The van der Waals surface area contributed by atoms with Crippen LogP contribution in [0.15, 0.2) is 17.3 Å². The third-order valence-electron chi connectivity index (χ3n) is 2.43. The van der Waals surface area contributed by atoms with Crippen LogP contribution in [0.1, 0.15) is 19.8 Å². The Balaban J connectivity index is 2.88. The van der Waals surface area contributed by atoms with Crippen molar-refractivity contribution in [1.29, 1.82) is 0 Å². The smallest absolute Gasteiger partial charge is 0.152 e. The maximum atomic E-state index is 13.4. The summed E-state index contributed by atoms with van der Waals surface area (Å²) in [6.07, 6.45) is 0.607. The lowest BCUT2D eigenvalue weighted by Crippen LogP contribution is -2.27. The van der Waals surface area contributed by atoms with Gasteiger partial charge in [-0.3, -0.25) is 0 Å². The molecule has 0 aliphatic carbocycles. The fraction of sp³-hybridized carbons (Fsp3) is 0.364. The fourth-order valence-electron chi connectivity index (χ4n) is 1.47. The Labute approximate surface area is 102 Å². The first kappa shape index (κ1) is 14.1. The van der Waals surface area contributed by atoms with E-state index in [1.54, 1.807) is 6.92 Å². The second-order valence-electron chi connectivity index (χ2n) is 3.79. The maximum Gasteiger partial charge on any atom is 0.152 e. The highest BCUT2D eigenvalue weighted by atomic mass is 19.1. The molecule has 0 saturated carbocycles. The average Bonchev–Trinajstić information content (AvgIpc) is 2.31. The van der Waals surface area contributed by atoms with Gasteiger partial charge in [-0.15, -0.1) is 0 Å². The number of anilines is 1. The van der Waals surface area contributed by atoms with Gasteiger partial charge in [-0.25, -0.2) is 13.2 Å². The van der Waals surface area contributed by atoms with Gasteiger partial charge in [0.05, 0.1) is 0 Å². The van der Waals surface area contributed by atoms with E-state index in [2.05, 4.69) is 10.5 Å². The predicted molar refractivity (Wildman–Crippen MR) is 62.0 cm³/mol. The minimum Gasteiger partial charge on any atom is -0.409 e. The normalized spacial score (nSPS) is 13.4. The molecular weight excluding hydrogens is 247 g/mol. The van der Waals surface area contributed by atoms with E-state index in [-0.39, 0.29) is 12.3 Å². The second-order valence-corrected chi connectivity index (χ2v) is 3.79. The van der Waals surface area contributed by atoms with E-state index in [9.17, 15) is 13.2 Å². The quantitative estimate of drug-likeness (QED) is 0.330. The Morgan fingerprint density at radius 2 is 1.94 bits per heavy atom. The molecule has 1 aromatic rings. The SMILES string of the molecule is CCC(CC(N)=NO)Nc1c(F)cc(F)cc1F. The Morgan fingerprint density at radius 3 is 2.39 bits per heavy atom. The van der Waals surface area contributed by atoms with Crippen LogP contribution in [-0.4, -0.2) is 17.1 Å². The number of nitrogens with zero attached hydrogens (tertiary/aromatic N) is 1. The molecule has 0 aliphatic heterocycles. The molecule has 0 spiro atoms. The lowest BCUT2D eigenvalue weighted by Gasteiger charge is -2.18. The predicted octanol–water partition coefficient (Wildman–Crippen LogP) is 2.43. The largest absolute Gasteiger partial charge is 0.409 e. The van der Waals surface area contributed by atoms with Gasteiger partial charge in [-0.2, -0.15) is 0 Å². The molecule has 1 aromatic carbocycles. The van der Waals surface area contributed by atoms with Crippen molar-refractivity contribution in [2.24, 2.45) is 10.9 Å². The molecule has 4 N–H and O–H groups in total. The summed E-state index contributed by atoms with van der Waals surface area (Å²) in [7, 11) is 0. The Kier molecular flexibility index (Phi) is 4.82. The van der Waals surface area contributed by atoms with Crippen molar-refractivity contribution in [2.75, 3.05) is 5.32 Å². The molecule has 0 fully saturated rings. The molecule has 18 heavy (non-hydrogen) atoms. The van der Waals surface area contributed by atoms with E-state index in [4.69, 9.17) is 10.9 Å². The molecule has 0 heterocycles. The first-order chi connectivity index (χ1) is 8.47. The maximum absolute atomic E-state index is 13.4. The van der Waals surface area contributed by atoms with Crippen LogP contribution in [0.3, 0.4) is 0 Å². The molecule has 4 nitrogen and oxygen atoms in total. The van der Waals surface area contributed by atoms with E-state index >= 15 is 0 Å². The number of amidine groups is 1. The lowest BCUT2D eigenvalue weighted by atomic mass is 10.1. The summed E-state index contributed by atoms with van der Waals surface area (Å²) < 4.78 is 39.5. The van der Waals surface area contributed by atoms with Crippen LogP contribution >= 0.6 is 0 Å². The first-order valence-corrected chi connectivity index (χ1v) is 5.35. The number of hydrogen-bond acceptors (Lipinski definition) is 3. The van der Waals surface area contributed by atoms with Crippen LogP contribution in [0.5, 0.6) is 0 Å².